The lowest BCUT2D eigenvalue weighted by Gasteiger charge is -2.27. The minimum absolute atomic E-state index is 0.205. The first kappa shape index (κ1) is 14.9. The molecule has 0 heterocycles. The van der Waals surface area contributed by atoms with Crippen LogP contribution in [0.15, 0.2) is 0 Å². The summed E-state index contributed by atoms with van der Waals surface area (Å²) in [5.74, 6) is 0.820. The second-order valence-corrected chi connectivity index (χ2v) is 5.39. The van der Waals surface area contributed by atoms with E-state index in [2.05, 4.69) is 19.2 Å². The SMILES string of the molecule is CCCNC(CO)CCOC1CCCC(C)C1. The van der Waals surface area contributed by atoms with E-state index in [4.69, 9.17) is 4.74 Å². The Bertz CT molecular complexity index is 187. The van der Waals surface area contributed by atoms with Gasteiger partial charge in [-0.3, -0.25) is 0 Å². The van der Waals surface area contributed by atoms with E-state index >= 15 is 0 Å². The molecule has 0 aromatic carbocycles. The van der Waals surface area contributed by atoms with Crippen LogP contribution in [0.4, 0.5) is 0 Å². The molecule has 1 aliphatic carbocycles. The van der Waals surface area contributed by atoms with Gasteiger partial charge in [-0.05, 0) is 38.1 Å². The standard InChI is InChI=1S/C14H29NO2/c1-3-8-15-13(11-16)7-9-17-14-6-4-5-12(2)10-14/h12-16H,3-11H2,1-2H3. The molecular formula is C14H29NO2. The minimum atomic E-state index is 0.205. The fourth-order valence-electron chi connectivity index (χ4n) is 2.51. The van der Waals surface area contributed by atoms with Gasteiger partial charge in [-0.25, -0.2) is 0 Å². The number of ether oxygens (including phenoxy) is 1. The first-order chi connectivity index (χ1) is 8.26. The lowest BCUT2D eigenvalue weighted by molar-refractivity contribution is 0.00903. The van der Waals surface area contributed by atoms with E-state index in [1.165, 1.54) is 25.7 Å². The van der Waals surface area contributed by atoms with Gasteiger partial charge in [0, 0.05) is 12.6 Å². The predicted octanol–water partition coefficient (Wildman–Crippen LogP) is 2.33. The lowest BCUT2D eigenvalue weighted by Crippen LogP contribution is -2.34. The fourth-order valence-corrected chi connectivity index (χ4v) is 2.51. The summed E-state index contributed by atoms with van der Waals surface area (Å²) < 4.78 is 5.91. The maximum atomic E-state index is 9.21. The summed E-state index contributed by atoms with van der Waals surface area (Å²) in [6, 6.07) is 0.205. The Morgan fingerprint density at radius 3 is 2.88 bits per heavy atom. The van der Waals surface area contributed by atoms with Gasteiger partial charge in [-0.2, -0.15) is 0 Å². The van der Waals surface area contributed by atoms with Crippen LogP contribution >= 0.6 is 0 Å². The van der Waals surface area contributed by atoms with Crippen molar-refractivity contribution >= 4 is 0 Å². The number of rotatable bonds is 8. The normalized spacial score (nSPS) is 27.0. The van der Waals surface area contributed by atoms with Gasteiger partial charge in [-0.1, -0.05) is 26.7 Å². The van der Waals surface area contributed by atoms with Crippen LogP contribution in [0.2, 0.25) is 0 Å². The molecular weight excluding hydrogens is 214 g/mol. The molecule has 0 saturated heterocycles. The largest absolute Gasteiger partial charge is 0.395 e. The van der Waals surface area contributed by atoms with Gasteiger partial charge in [-0.15, -0.1) is 0 Å². The Kier molecular flexibility index (Phi) is 7.82. The third-order valence-electron chi connectivity index (χ3n) is 3.61. The number of hydrogen-bond acceptors (Lipinski definition) is 3. The average molecular weight is 243 g/mol. The summed E-state index contributed by atoms with van der Waals surface area (Å²) in [5.41, 5.74) is 0. The van der Waals surface area contributed by atoms with Crippen molar-refractivity contribution in [2.75, 3.05) is 19.8 Å². The summed E-state index contributed by atoms with van der Waals surface area (Å²) in [5, 5.41) is 12.5. The van der Waals surface area contributed by atoms with Crippen LogP contribution < -0.4 is 5.32 Å². The molecule has 1 saturated carbocycles. The second-order valence-electron chi connectivity index (χ2n) is 5.39. The third kappa shape index (κ3) is 6.39. The van der Waals surface area contributed by atoms with Crippen molar-refractivity contribution in [2.24, 2.45) is 5.92 Å². The van der Waals surface area contributed by atoms with E-state index in [1.54, 1.807) is 0 Å². The van der Waals surface area contributed by atoms with E-state index in [1.807, 2.05) is 0 Å². The van der Waals surface area contributed by atoms with Gasteiger partial charge in [0.05, 0.1) is 12.7 Å². The summed E-state index contributed by atoms with van der Waals surface area (Å²) in [6.07, 6.45) is 7.59. The van der Waals surface area contributed by atoms with E-state index in [0.717, 1.165) is 31.9 Å². The molecule has 102 valence electrons. The quantitative estimate of drug-likeness (QED) is 0.687. The topological polar surface area (TPSA) is 41.5 Å². The summed E-state index contributed by atoms with van der Waals surface area (Å²) in [4.78, 5) is 0. The van der Waals surface area contributed by atoms with Crippen LogP contribution in [0.3, 0.4) is 0 Å². The first-order valence-electron chi connectivity index (χ1n) is 7.22. The van der Waals surface area contributed by atoms with E-state index in [0.29, 0.717) is 6.10 Å². The molecule has 3 heteroatoms. The number of nitrogens with one attached hydrogen (secondary N) is 1. The van der Waals surface area contributed by atoms with Crippen molar-refractivity contribution < 1.29 is 9.84 Å². The van der Waals surface area contributed by atoms with Gasteiger partial charge in [0.2, 0.25) is 0 Å². The Balaban J connectivity index is 2.08. The van der Waals surface area contributed by atoms with Gasteiger partial charge in [0.1, 0.15) is 0 Å². The summed E-state index contributed by atoms with van der Waals surface area (Å²) in [6.45, 7) is 6.42. The van der Waals surface area contributed by atoms with Crippen molar-refractivity contribution in [3.8, 4) is 0 Å². The molecule has 3 atom stereocenters. The van der Waals surface area contributed by atoms with Crippen LogP contribution in [-0.2, 0) is 4.74 Å². The average Bonchev–Trinajstić information content (AvgIpc) is 2.33. The maximum Gasteiger partial charge on any atom is 0.0585 e. The summed E-state index contributed by atoms with van der Waals surface area (Å²) in [7, 11) is 0. The van der Waals surface area contributed by atoms with Crippen LogP contribution in [0.25, 0.3) is 0 Å². The molecule has 0 aliphatic heterocycles. The van der Waals surface area contributed by atoms with Crippen molar-refractivity contribution in [3.05, 3.63) is 0 Å². The fraction of sp³-hybridized carbons (Fsp3) is 1.00. The van der Waals surface area contributed by atoms with E-state index < -0.39 is 0 Å². The minimum Gasteiger partial charge on any atom is -0.395 e. The Labute approximate surface area is 106 Å². The van der Waals surface area contributed by atoms with Gasteiger partial charge in [0.15, 0.2) is 0 Å². The molecule has 1 rings (SSSR count). The third-order valence-corrected chi connectivity index (χ3v) is 3.61. The molecule has 3 unspecified atom stereocenters. The Hall–Kier alpha value is -0.120. The van der Waals surface area contributed by atoms with Crippen LogP contribution in [0, 0.1) is 5.92 Å². The zero-order valence-corrected chi connectivity index (χ0v) is 11.5. The van der Waals surface area contributed by atoms with Crippen molar-refractivity contribution in [1.82, 2.24) is 5.32 Å². The number of aliphatic hydroxyl groups excluding tert-OH is 1. The van der Waals surface area contributed by atoms with Gasteiger partial charge < -0.3 is 15.2 Å². The zero-order valence-electron chi connectivity index (χ0n) is 11.5. The number of aliphatic hydroxyl groups is 1. The molecule has 0 radical (unpaired) electrons. The highest BCUT2D eigenvalue weighted by molar-refractivity contribution is 4.71. The molecule has 2 N–H and O–H groups in total. The molecule has 0 aromatic heterocycles. The Morgan fingerprint density at radius 1 is 1.41 bits per heavy atom. The molecule has 0 amide bonds. The van der Waals surface area contributed by atoms with Gasteiger partial charge in [0.25, 0.3) is 0 Å². The predicted molar refractivity (Wildman–Crippen MR) is 71.2 cm³/mol. The van der Waals surface area contributed by atoms with Crippen LogP contribution in [0.5, 0.6) is 0 Å². The molecule has 0 bridgehead atoms. The smallest absolute Gasteiger partial charge is 0.0585 e. The zero-order chi connectivity index (χ0) is 12.5. The number of hydrogen-bond donors (Lipinski definition) is 2. The molecule has 3 nitrogen and oxygen atoms in total. The van der Waals surface area contributed by atoms with Crippen molar-refractivity contribution in [2.45, 2.75) is 64.5 Å². The molecule has 1 aliphatic rings. The van der Waals surface area contributed by atoms with E-state index in [-0.39, 0.29) is 12.6 Å². The molecule has 0 aromatic rings. The van der Waals surface area contributed by atoms with E-state index in [9.17, 15) is 5.11 Å². The highest BCUT2D eigenvalue weighted by Gasteiger charge is 2.19. The highest BCUT2D eigenvalue weighted by Crippen LogP contribution is 2.25. The first-order valence-corrected chi connectivity index (χ1v) is 7.22. The van der Waals surface area contributed by atoms with Crippen molar-refractivity contribution in [1.29, 1.82) is 0 Å². The monoisotopic (exact) mass is 243 g/mol. The highest BCUT2D eigenvalue weighted by atomic mass is 16.5. The van der Waals surface area contributed by atoms with Crippen LogP contribution in [-0.4, -0.2) is 37.0 Å². The molecule has 17 heavy (non-hydrogen) atoms. The van der Waals surface area contributed by atoms with Crippen LogP contribution in [0.1, 0.15) is 52.4 Å². The molecule has 1 fully saturated rings. The van der Waals surface area contributed by atoms with Gasteiger partial charge >= 0.3 is 0 Å². The lowest BCUT2D eigenvalue weighted by atomic mass is 9.89. The Morgan fingerprint density at radius 2 is 2.24 bits per heavy atom. The second kappa shape index (κ2) is 8.90. The summed E-state index contributed by atoms with van der Waals surface area (Å²) >= 11 is 0. The molecule has 0 spiro atoms. The van der Waals surface area contributed by atoms with Crippen molar-refractivity contribution in [3.63, 3.8) is 0 Å². The maximum absolute atomic E-state index is 9.21.